The Hall–Kier alpha value is -1.99. The van der Waals surface area contributed by atoms with Crippen LogP contribution in [-0.4, -0.2) is 13.1 Å². The zero-order chi connectivity index (χ0) is 14.5. The number of nitriles is 1. The Labute approximate surface area is 122 Å². The Balaban J connectivity index is 2.22. The Kier molecular flexibility index (Phi) is 4.65. The monoisotopic (exact) mass is 291 g/mol. The summed E-state index contributed by atoms with van der Waals surface area (Å²) >= 11 is 6.05. The molecule has 0 N–H and O–H groups in total. The van der Waals surface area contributed by atoms with Crippen LogP contribution in [0.25, 0.3) is 0 Å². The van der Waals surface area contributed by atoms with Crippen molar-refractivity contribution in [1.82, 2.24) is 0 Å². The van der Waals surface area contributed by atoms with E-state index in [0.717, 1.165) is 12.8 Å². The molecule has 1 aliphatic rings. The van der Waals surface area contributed by atoms with Crippen LogP contribution in [0, 0.1) is 17.2 Å². The minimum atomic E-state index is -0.320. The molecule has 1 unspecified atom stereocenters. The average Bonchev–Trinajstić information content (AvgIpc) is 2.49. The number of esters is 1. The minimum Gasteiger partial charge on any atom is -0.493 e. The number of nitrogens with zero attached hydrogens (tertiary/aromatic N) is 1. The second-order valence-electron chi connectivity index (χ2n) is 4.50. The van der Waals surface area contributed by atoms with E-state index in [0.29, 0.717) is 12.0 Å². The number of methoxy groups -OCH3 is 1. The topological polar surface area (TPSA) is 59.3 Å². The van der Waals surface area contributed by atoms with Gasteiger partial charge < -0.3 is 9.47 Å². The molecule has 0 aromatic heterocycles. The molecule has 1 aliphatic carbocycles. The van der Waals surface area contributed by atoms with Gasteiger partial charge in [-0.2, -0.15) is 5.26 Å². The molecule has 0 fully saturated rings. The molecule has 2 rings (SSSR count). The molecule has 0 amide bonds. The quantitative estimate of drug-likeness (QED) is 0.486. The summed E-state index contributed by atoms with van der Waals surface area (Å²) in [7, 11) is 1.44. The van der Waals surface area contributed by atoms with Crippen LogP contribution in [0.2, 0.25) is 5.02 Å². The van der Waals surface area contributed by atoms with Crippen molar-refractivity contribution in [1.29, 1.82) is 5.26 Å². The average molecular weight is 292 g/mol. The first-order valence-corrected chi connectivity index (χ1v) is 6.68. The Morgan fingerprint density at radius 3 is 2.85 bits per heavy atom. The second-order valence-corrected chi connectivity index (χ2v) is 4.91. The van der Waals surface area contributed by atoms with Crippen molar-refractivity contribution in [3.63, 3.8) is 0 Å². The van der Waals surface area contributed by atoms with Crippen molar-refractivity contribution in [2.75, 3.05) is 7.11 Å². The smallest absolute Gasteiger partial charge is 0.314 e. The fourth-order valence-corrected chi connectivity index (χ4v) is 2.32. The molecule has 0 spiro atoms. The van der Waals surface area contributed by atoms with Gasteiger partial charge in [0, 0.05) is 6.07 Å². The van der Waals surface area contributed by atoms with E-state index < -0.39 is 0 Å². The first-order chi connectivity index (χ1) is 9.65. The number of ether oxygens (including phenoxy) is 2. The lowest BCUT2D eigenvalue weighted by Gasteiger charge is -2.18. The number of carbonyl (C=O) groups excluding carboxylic acids is 1. The summed E-state index contributed by atoms with van der Waals surface area (Å²) in [6, 6.07) is 4.92. The maximum absolute atomic E-state index is 12.1. The largest absolute Gasteiger partial charge is 0.493 e. The van der Waals surface area contributed by atoms with Crippen LogP contribution >= 0.6 is 11.6 Å². The zero-order valence-electron chi connectivity index (χ0n) is 11.1. The SMILES string of the molecule is COc1cc(C#N)cc(Cl)c1OC(=O)C1CC=CCC1. The lowest BCUT2D eigenvalue weighted by atomic mass is 9.95. The predicted molar refractivity (Wildman–Crippen MR) is 74.8 cm³/mol. The van der Waals surface area contributed by atoms with Crippen LogP contribution in [0.5, 0.6) is 11.5 Å². The maximum Gasteiger partial charge on any atom is 0.314 e. The van der Waals surface area contributed by atoms with Gasteiger partial charge in [0.2, 0.25) is 0 Å². The molecule has 4 nitrogen and oxygen atoms in total. The van der Waals surface area contributed by atoms with Gasteiger partial charge in [0.25, 0.3) is 0 Å². The molecule has 5 heteroatoms. The van der Waals surface area contributed by atoms with Crippen molar-refractivity contribution in [2.45, 2.75) is 19.3 Å². The molecule has 1 aromatic rings. The summed E-state index contributed by atoms with van der Waals surface area (Å²) < 4.78 is 10.5. The predicted octanol–water partition coefficient (Wildman–Crippen LogP) is 3.48. The Morgan fingerprint density at radius 2 is 2.25 bits per heavy atom. The highest BCUT2D eigenvalue weighted by Crippen LogP contribution is 2.37. The number of allylic oxidation sites excluding steroid dienone is 2. The van der Waals surface area contributed by atoms with Crippen LogP contribution < -0.4 is 9.47 Å². The highest BCUT2D eigenvalue weighted by molar-refractivity contribution is 6.32. The summed E-state index contributed by atoms with van der Waals surface area (Å²) in [5.74, 6) is -0.0165. The number of rotatable bonds is 3. The van der Waals surface area contributed by atoms with Crippen LogP contribution in [0.3, 0.4) is 0 Å². The molecule has 0 aliphatic heterocycles. The molecule has 0 heterocycles. The summed E-state index contributed by atoms with van der Waals surface area (Å²) in [5, 5.41) is 9.07. The lowest BCUT2D eigenvalue weighted by molar-refractivity contribution is -0.139. The van der Waals surface area contributed by atoms with Crippen LogP contribution in [0.15, 0.2) is 24.3 Å². The van der Waals surface area contributed by atoms with E-state index in [9.17, 15) is 4.79 Å². The van der Waals surface area contributed by atoms with Crippen molar-refractivity contribution in [3.05, 3.63) is 34.9 Å². The number of carbonyl (C=O) groups is 1. The second kappa shape index (κ2) is 6.44. The summed E-state index contributed by atoms with van der Waals surface area (Å²) in [4.78, 5) is 12.1. The molecule has 0 saturated carbocycles. The van der Waals surface area contributed by atoms with Gasteiger partial charge in [0.1, 0.15) is 0 Å². The molecule has 0 saturated heterocycles. The molecule has 1 aromatic carbocycles. The third kappa shape index (κ3) is 3.12. The summed E-state index contributed by atoms with van der Waals surface area (Å²) in [6.07, 6.45) is 6.35. The van der Waals surface area contributed by atoms with E-state index in [-0.39, 0.29) is 28.4 Å². The molecule has 20 heavy (non-hydrogen) atoms. The van der Waals surface area contributed by atoms with Gasteiger partial charge in [-0.15, -0.1) is 0 Å². The lowest BCUT2D eigenvalue weighted by Crippen LogP contribution is -2.21. The minimum absolute atomic E-state index is 0.156. The highest BCUT2D eigenvalue weighted by Gasteiger charge is 2.23. The number of hydrogen-bond donors (Lipinski definition) is 0. The zero-order valence-corrected chi connectivity index (χ0v) is 11.8. The number of hydrogen-bond acceptors (Lipinski definition) is 4. The van der Waals surface area contributed by atoms with Crippen molar-refractivity contribution in [2.24, 2.45) is 5.92 Å². The normalized spacial score (nSPS) is 17.4. The van der Waals surface area contributed by atoms with E-state index in [1.165, 1.54) is 19.2 Å². The van der Waals surface area contributed by atoms with E-state index in [1.807, 2.05) is 12.1 Å². The summed E-state index contributed by atoms with van der Waals surface area (Å²) in [6.45, 7) is 0. The van der Waals surface area contributed by atoms with Gasteiger partial charge in [-0.05, 0) is 25.3 Å². The fourth-order valence-electron chi connectivity index (χ4n) is 2.08. The van der Waals surface area contributed by atoms with Gasteiger partial charge in [0.05, 0.1) is 29.7 Å². The van der Waals surface area contributed by atoms with E-state index in [1.54, 1.807) is 0 Å². The Morgan fingerprint density at radius 1 is 1.45 bits per heavy atom. The van der Waals surface area contributed by atoms with E-state index >= 15 is 0 Å². The van der Waals surface area contributed by atoms with Crippen LogP contribution in [-0.2, 0) is 4.79 Å². The maximum atomic E-state index is 12.1. The van der Waals surface area contributed by atoms with Gasteiger partial charge in [-0.3, -0.25) is 4.79 Å². The van der Waals surface area contributed by atoms with Gasteiger partial charge in [-0.1, -0.05) is 23.8 Å². The first kappa shape index (κ1) is 14.4. The molecule has 104 valence electrons. The molecule has 1 atom stereocenters. The molecule has 0 radical (unpaired) electrons. The van der Waals surface area contributed by atoms with E-state index in [2.05, 4.69) is 6.08 Å². The highest BCUT2D eigenvalue weighted by atomic mass is 35.5. The third-order valence-electron chi connectivity index (χ3n) is 3.16. The standard InChI is InChI=1S/C15H14ClNO3/c1-19-13-8-10(9-17)7-12(16)14(13)20-15(18)11-5-3-2-4-6-11/h2-3,7-8,11H,4-6H2,1H3. The van der Waals surface area contributed by atoms with Crippen molar-refractivity contribution >= 4 is 17.6 Å². The summed E-state index contributed by atoms with van der Waals surface area (Å²) in [5.41, 5.74) is 0.354. The third-order valence-corrected chi connectivity index (χ3v) is 3.44. The fraction of sp³-hybridized carbons (Fsp3) is 0.333. The van der Waals surface area contributed by atoms with Gasteiger partial charge >= 0.3 is 5.97 Å². The number of benzene rings is 1. The van der Waals surface area contributed by atoms with Gasteiger partial charge in [-0.25, -0.2) is 0 Å². The molecule has 0 bridgehead atoms. The first-order valence-electron chi connectivity index (χ1n) is 6.30. The van der Waals surface area contributed by atoms with Crippen LogP contribution in [0.1, 0.15) is 24.8 Å². The Bertz CT molecular complexity index is 590. The molecular formula is C15H14ClNO3. The van der Waals surface area contributed by atoms with Crippen molar-refractivity contribution in [3.8, 4) is 17.6 Å². The molecular weight excluding hydrogens is 278 g/mol. The van der Waals surface area contributed by atoms with E-state index in [4.69, 9.17) is 26.3 Å². The van der Waals surface area contributed by atoms with Gasteiger partial charge in [0.15, 0.2) is 11.5 Å². The van der Waals surface area contributed by atoms with Crippen LogP contribution in [0.4, 0.5) is 0 Å². The van der Waals surface area contributed by atoms with Crippen molar-refractivity contribution < 1.29 is 14.3 Å². The number of halogens is 1.